The van der Waals surface area contributed by atoms with Crippen LogP contribution in [0.25, 0.3) is 10.6 Å². The predicted octanol–water partition coefficient (Wildman–Crippen LogP) is 4.73. The summed E-state index contributed by atoms with van der Waals surface area (Å²) in [5, 5.41) is 3.43. The number of aromatic nitrogens is 1. The average molecular weight is 335 g/mol. The topological polar surface area (TPSA) is 33.2 Å². The van der Waals surface area contributed by atoms with E-state index in [9.17, 15) is 4.79 Å². The Balaban J connectivity index is 1.75. The SMILES string of the molecule is C[C@@H]1CCCN(C(=O)c2csc(-c3ccc(Cl)cc3)n2)CC1. The number of nitrogens with zero attached hydrogens (tertiary/aromatic N) is 2. The Kier molecular flexibility index (Phi) is 4.79. The van der Waals surface area contributed by atoms with Crippen LogP contribution in [0.5, 0.6) is 0 Å². The minimum absolute atomic E-state index is 0.0607. The Morgan fingerprint density at radius 2 is 2.05 bits per heavy atom. The van der Waals surface area contributed by atoms with Gasteiger partial charge in [-0.25, -0.2) is 4.98 Å². The molecule has 1 fully saturated rings. The molecule has 1 atom stereocenters. The lowest BCUT2D eigenvalue weighted by atomic mass is 10.0. The van der Waals surface area contributed by atoms with Crippen molar-refractivity contribution in [1.29, 1.82) is 0 Å². The summed E-state index contributed by atoms with van der Waals surface area (Å²) < 4.78 is 0. The second-order valence-corrected chi connectivity index (χ2v) is 7.17. The number of carbonyl (C=O) groups is 1. The normalized spacial score (nSPS) is 19.0. The maximum absolute atomic E-state index is 12.6. The lowest BCUT2D eigenvalue weighted by Gasteiger charge is -2.19. The van der Waals surface area contributed by atoms with Gasteiger partial charge in [-0.15, -0.1) is 11.3 Å². The lowest BCUT2D eigenvalue weighted by molar-refractivity contribution is 0.0755. The molecule has 1 aromatic heterocycles. The minimum atomic E-state index is 0.0607. The van der Waals surface area contributed by atoms with E-state index in [4.69, 9.17) is 11.6 Å². The van der Waals surface area contributed by atoms with Crippen molar-refractivity contribution in [3.05, 3.63) is 40.4 Å². The Morgan fingerprint density at radius 1 is 1.27 bits per heavy atom. The average Bonchev–Trinajstić information content (AvgIpc) is 2.90. The first-order valence-corrected chi connectivity index (χ1v) is 8.90. The molecule has 0 saturated carbocycles. The summed E-state index contributed by atoms with van der Waals surface area (Å²) in [6.45, 7) is 3.94. The first-order valence-electron chi connectivity index (χ1n) is 7.64. The van der Waals surface area contributed by atoms with Crippen LogP contribution in [-0.2, 0) is 0 Å². The Hall–Kier alpha value is -1.39. The van der Waals surface area contributed by atoms with Gasteiger partial charge in [-0.2, -0.15) is 0 Å². The van der Waals surface area contributed by atoms with Crippen molar-refractivity contribution in [1.82, 2.24) is 9.88 Å². The molecule has 0 aliphatic carbocycles. The summed E-state index contributed by atoms with van der Waals surface area (Å²) in [6.07, 6.45) is 3.37. The summed E-state index contributed by atoms with van der Waals surface area (Å²) in [4.78, 5) is 19.1. The molecular weight excluding hydrogens is 316 g/mol. The molecule has 0 spiro atoms. The van der Waals surface area contributed by atoms with Crippen molar-refractivity contribution in [3.8, 4) is 10.6 Å². The van der Waals surface area contributed by atoms with Crippen LogP contribution < -0.4 is 0 Å². The van der Waals surface area contributed by atoms with E-state index in [0.29, 0.717) is 16.6 Å². The fourth-order valence-corrected chi connectivity index (χ4v) is 3.65. The van der Waals surface area contributed by atoms with Crippen molar-refractivity contribution in [2.24, 2.45) is 5.92 Å². The van der Waals surface area contributed by atoms with E-state index in [1.165, 1.54) is 17.8 Å². The zero-order valence-electron chi connectivity index (χ0n) is 12.6. The van der Waals surface area contributed by atoms with Crippen LogP contribution in [-0.4, -0.2) is 28.9 Å². The smallest absolute Gasteiger partial charge is 0.273 e. The predicted molar refractivity (Wildman–Crippen MR) is 91.5 cm³/mol. The zero-order valence-corrected chi connectivity index (χ0v) is 14.2. The van der Waals surface area contributed by atoms with Gasteiger partial charge in [-0.3, -0.25) is 4.79 Å². The van der Waals surface area contributed by atoms with Crippen LogP contribution in [0.1, 0.15) is 36.7 Å². The molecule has 1 amide bonds. The highest BCUT2D eigenvalue weighted by molar-refractivity contribution is 7.13. The first kappa shape index (κ1) is 15.5. The second kappa shape index (κ2) is 6.80. The molecule has 5 heteroatoms. The molecule has 1 aliphatic heterocycles. The third-order valence-corrected chi connectivity index (χ3v) is 5.26. The van der Waals surface area contributed by atoms with Crippen molar-refractivity contribution in [2.45, 2.75) is 26.2 Å². The number of hydrogen-bond donors (Lipinski definition) is 0. The van der Waals surface area contributed by atoms with Crippen molar-refractivity contribution < 1.29 is 4.79 Å². The molecule has 0 unspecified atom stereocenters. The molecule has 0 N–H and O–H groups in total. The highest BCUT2D eigenvalue weighted by atomic mass is 35.5. The first-order chi connectivity index (χ1) is 10.6. The van der Waals surface area contributed by atoms with Crippen LogP contribution >= 0.6 is 22.9 Å². The van der Waals surface area contributed by atoms with E-state index in [1.807, 2.05) is 34.5 Å². The van der Waals surface area contributed by atoms with Gasteiger partial charge < -0.3 is 4.90 Å². The molecule has 2 heterocycles. The largest absolute Gasteiger partial charge is 0.337 e. The standard InChI is InChI=1S/C17H19ClN2OS/c1-12-3-2-9-20(10-8-12)17(21)15-11-22-16(19-15)13-4-6-14(18)7-5-13/h4-7,11-12H,2-3,8-10H2,1H3/t12-/m1/s1. The zero-order chi connectivity index (χ0) is 15.5. The molecular formula is C17H19ClN2OS. The number of benzene rings is 1. The summed E-state index contributed by atoms with van der Waals surface area (Å²) in [5.41, 5.74) is 1.56. The molecule has 116 valence electrons. The fourth-order valence-electron chi connectivity index (χ4n) is 2.73. The van der Waals surface area contributed by atoms with Crippen LogP contribution in [0.2, 0.25) is 5.02 Å². The number of thiazole rings is 1. The molecule has 0 bridgehead atoms. The fraction of sp³-hybridized carbons (Fsp3) is 0.412. The summed E-state index contributed by atoms with van der Waals surface area (Å²) >= 11 is 7.41. The van der Waals surface area contributed by atoms with Crippen LogP contribution in [0, 0.1) is 5.92 Å². The van der Waals surface area contributed by atoms with Crippen molar-refractivity contribution in [2.75, 3.05) is 13.1 Å². The third kappa shape index (κ3) is 3.50. The highest BCUT2D eigenvalue weighted by Gasteiger charge is 2.21. The molecule has 1 aromatic carbocycles. The number of amides is 1. The molecule has 3 nitrogen and oxygen atoms in total. The van der Waals surface area contributed by atoms with Crippen molar-refractivity contribution in [3.63, 3.8) is 0 Å². The summed E-state index contributed by atoms with van der Waals surface area (Å²) in [6, 6.07) is 7.55. The molecule has 1 saturated heterocycles. The third-order valence-electron chi connectivity index (χ3n) is 4.12. The summed E-state index contributed by atoms with van der Waals surface area (Å²) in [5.74, 6) is 0.767. The number of halogens is 1. The van der Waals surface area contributed by atoms with E-state index < -0.39 is 0 Å². The molecule has 2 aromatic rings. The van der Waals surface area contributed by atoms with E-state index in [-0.39, 0.29) is 5.91 Å². The Bertz CT molecular complexity index is 653. The monoisotopic (exact) mass is 334 g/mol. The number of likely N-dealkylation sites (tertiary alicyclic amines) is 1. The minimum Gasteiger partial charge on any atom is -0.337 e. The van der Waals surface area contributed by atoms with E-state index in [2.05, 4.69) is 11.9 Å². The maximum Gasteiger partial charge on any atom is 0.273 e. The van der Waals surface area contributed by atoms with Gasteiger partial charge in [0.25, 0.3) is 5.91 Å². The quantitative estimate of drug-likeness (QED) is 0.795. The van der Waals surface area contributed by atoms with Crippen molar-refractivity contribution >= 4 is 28.8 Å². The van der Waals surface area contributed by atoms with Crippen LogP contribution in [0.15, 0.2) is 29.6 Å². The van der Waals surface area contributed by atoms with Crippen LogP contribution in [0.4, 0.5) is 0 Å². The maximum atomic E-state index is 12.6. The van der Waals surface area contributed by atoms with E-state index in [1.54, 1.807) is 0 Å². The van der Waals surface area contributed by atoms with Gasteiger partial charge in [0.2, 0.25) is 0 Å². The molecule has 22 heavy (non-hydrogen) atoms. The van der Waals surface area contributed by atoms with Gasteiger partial charge in [-0.05, 0) is 37.3 Å². The highest BCUT2D eigenvalue weighted by Crippen LogP contribution is 2.26. The van der Waals surface area contributed by atoms with Gasteiger partial charge in [0.1, 0.15) is 10.7 Å². The van der Waals surface area contributed by atoms with Gasteiger partial charge in [0, 0.05) is 29.1 Å². The van der Waals surface area contributed by atoms with Gasteiger partial charge in [0.15, 0.2) is 0 Å². The number of rotatable bonds is 2. The molecule has 0 radical (unpaired) electrons. The van der Waals surface area contributed by atoms with Gasteiger partial charge in [0.05, 0.1) is 0 Å². The van der Waals surface area contributed by atoms with E-state index in [0.717, 1.165) is 36.5 Å². The Morgan fingerprint density at radius 3 is 2.82 bits per heavy atom. The molecule has 1 aliphatic rings. The van der Waals surface area contributed by atoms with Gasteiger partial charge in [-0.1, -0.05) is 30.7 Å². The summed E-state index contributed by atoms with van der Waals surface area (Å²) in [7, 11) is 0. The number of carbonyl (C=O) groups excluding carboxylic acids is 1. The van der Waals surface area contributed by atoms with Gasteiger partial charge >= 0.3 is 0 Å². The van der Waals surface area contributed by atoms with Crippen LogP contribution in [0.3, 0.4) is 0 Å². The Labute approximate surface area is 139 Å². The lowest BCUT2D eigenvalue weighted by Crippen LogP contribution is -2.32. The second-order valence-electron chi connectivity index (χ2n) is 5.87. The molecule has 3 rings (SSSR count). The number of hydrogen-bond acceptors (Lipinski definition) is 3. The van der Waals surface area contributed by atoms with E-state index >= 15 is 0 Å².